The minimum Gasteiger partial charge on any atom is -0.481 e. The summed E-state index contributed by atoms with van der Waals surface area (Å²) in [5.41, 5.74) is 0. The zero-order chi connectivity index (χ0) is 16.5. The first-order chi connectivity index (χ1) is 10.7. The van der Waals surface area contributed by atoms with Gasteiger partial charge in [0.25, 0.3) is 0 Å². The Balaban J connectivity index is 3.90. The number of hydrogen-bond donors (Lipinski definition) is 1. The van der Waals surface area contributed by atoms with Crippen LogP contribution >= 0.6 is 0 Å². The lowest BCUT2D eigenvalue weighted by atomic mass is 10.3. The molecule has 0 atom stereocenters. The summed E-state index contributed by atoms with van der Waals surface area (Å²) in [7, 11) is 0. The number of carboxylic acid groups (broad SMARTS) is 1. The maximum atomic E-state index is 10.7. The van der Waals surface area contributed by atoms with Gasteiger partial charge in [-0.15, -0.1) is 0 Å². The van der Waals surface area contributed by atoms with E-state index in [0.29, 0.717) is 19.6 Å². The Hall–Kier alpha value is -1.13. The van der Waals surface area contributed by atoms with Crippen molar-refractivity contribution in [3.05, 3.63) is 24.3 Å². The van der Waals surface area contributed by atoms with Gasteiger partial charge in [0.15, 0.2) is 6.29 Å². The van der Waals surface area contributed by atoms with Crippen LogP contribution in [-0.4, -0.2) is 30.6 Å². The Morgan fingerprint density at radius 3 is 1.77 bits per heavy atom. The summed E-state index contributed by atoms with van der Waals surface area (Å²) in [6.07, 6.45) is 14.7. The average molecular weight is 312 g/mol. The number of allylic oxidation sites excluding steroid dienone is 2. The molecule has 1 N–H and O–H groups in total. The van der Waals surface area contributed by atoms with Crippen LogP contribution in [0.4, 0.5) is 0 Å². The minimum absolute atomic E-state index is 0.0714. The van der Waals surface area contributed by atoms with E-state index >= 15 is 0 Å². The van der Waals surface area contributed by atoms with Crippen molar-refractivity contribution >= 4 is 5.97 Å². The fourth-order valence-electron chi connectivity index (χ4n) is 1.80. The molecule has 0 rings (SSSR count). The van der Waals surface area contributed by atoms with Crippen LogP contribution < -0.4 is 0 Å². The summed E-state index contributed by atoms with van der Waals surface area (Å²) < 4.78 is 11.3. The third-order valence-corrected chi connectivity index (χ3v) is 3.01. The lowest BCUT2D eigenvalue weighted by molar-refractivity contribution is -0.154. The normalized spacial score (nSPS) is 12.0. The van der Waals surface area contributed by atoms with Crippen molar-refractivity contribution in [1.29, 1.82) is 0 Å². The highest BCUT2D eigenvalue weighted by Gasteiger charge is 2.11. The van der Waals surface area contributed by atoms with E-state index in [1.807, 2.05) is 0 Å². The SMILES string of the molecule is CCC/C=C\CCOC(CCC(=O)O)OCC/C=C\CCC. The highest BCUT2D eigenvalue weighted by atomic mass is 16.7. The van der Waals surface area contributed by atoms with E-state index in [0.717, 1.165) is 38.5 Å². The summed E-state index contributed by atoms with van der Waals surface area (Å²) in [5.74, 6) is -0.817. The monoisotopic (exact) mass is 312 g/mol. The van der Waals surface area contributed by atoms with Gasteiger partial charge >= 0.3 is 5.97 Å². The highest BCUT2D eigenvalue weighted by Crippen LogP contribution is 2.07. The Morgan fingerprint density at radius 1 is 0.909 bits per heavy atom. The molecule has 0 bridgehead atoms. The van der Waals surface area contributed by atoms with Gasteiger partial charge in [-0.05, 0) is 25.7 Å². The zero-order valence-electron chi connectivity index (χ0n) is 14.1. The molecule has 0 radical (unpaired) electrons. The van der Waals surface area contributed by atoms with Crippen LogP contribution in [0.2, 0.25) is 0 Å². The van der Waals surface area contributed by atoms with E-state index in [4.69, 9.17) is 14.6 Å². The molecule has 0 aromatic heterocycles. The van der Waals surface area contributed by atoms with Gasteiger partial charge in [-0.25, -0.2) is 0 Å². The molecule has 0 fully saturated rings. The van der Waals surface area contributed by atoms with Crippen molar-refractivity contribution in [3.63, 3.8) is 0 Å². The van der Waals surface area contributed by atoms with Gasteiger partial charge in [-0.2, -0.15) is 0 Å². The first kappa shape index (κ1) is 20.9. The first-order valence-electron chi connectivity index (χ1n) is 8.45. The molecule has 4 nitrogen and oxygen atoms in total. The van der Waals surface area contributed by atoms with Crippen molar-refractivity contribution in [2.45, 2.75) is 71.5 Å². The molecular weight excluding hydrogens is 280 g/mol. The summed E-state index contributed by atoms with van der Waals surface area (Å²) >= 11 is 0. The van der Waals surface area contributed by atoms with Crippen molar-refractivity contribution in [3.8, 4) is 0 Å². The number of hydrogen-bond acceptors (Lipinski definition) is 3. The van der Waals surface area contributed by atoms with Gasteiger partial charge < -0.3 is 14.6 Å². The molecule has 0 aliphatic heterocycles. The maximum Gasteiger partial charge on any atom is 0.303 e. The van der Waals surface area contributed by atoms with Gasteiger partial charge in [0, 0.05) is 6.42 Å². The molecule has 0 aliphatic carbocycles. The first-order valence-corrected chi connectivity index (χ1v) is 8.45. The molecule has 0 saturated carbocycles. The average Bonchev–Trinajstić information content (AvgIpc) is 2.50. The molecule has 0 aromatic carbocycles. The Morgan fingerprint density at radius 2 is 1.36 bits per heavy atom. The number of aliphatic carboxylic acids is 1. The van der Waals surface area contributed by atoms with Crippen molar-refractivity contribution in [2.24, 2.45) is 0 Å². The van der Waals surface area contributed by atoms with E-state index in [2.05, 4.69) is 38.2 Å². The molecular formula is C18H32O4. The molecule has 0 spiro atoms. The van der Waals surface area contributed by atoms with Crippen LogP contribution in [-0.2, 0) is 14.3 Å². The van der Waals surface area contributed by atoms with Crippen molar-refractivity contribution in [1.82, 2.24) is 0 Å². The van der Waals surface area contributed by atoms with E-state index in [1.165, 1.54) is 0 Å². The molecule has 0 unspecified atom stereocenters. The van der Waals surface area contributed by atoms with Gasteiger partial charge in [0.1, 0.15) is 0 Å². The van der Waals surface area contributed by atoms with Gasteiger partial charge in [0.2, 0.25) is 0 Å². The maximum absolute atomic E-state index is 10.7. The van der Waals surface area contributed by atoms with Crippen LogP contribution in [0.1, 0.15) is 65.2 Å². The lowest BCUT2D eigenvalue weighted by Gasteiger charge is -2.17. The number of unbranched alkanes of at least 4 members (excludes halogenated alkanes) is 2. The predicted molar refractivity (Wildman–Crippen MR) is 89.9 cm³/mol. The molecule has 0 saturated heterocycles. The van der Waals surface area contributed by atoms with Gasteiger partial charge in [0.05, 0.1) is 19.6 Å². The summed E-state index contributed by atoms with van der Waals surface area (Å²) in [6.45, 7) is 5.42. The van der Waals surface area contributed by atoms with Gasteiger partial charge in [-0.1, -0.05) is 51.0 Å². The summed E-state index contributed by atoms with van der Waals surface area (Å²) in [5, 5.41) is 8.77. The van der Waals surface area contributed by atoms with Crippen LogP contribution in [0.5, 0.6) is 0 Å². The molecule has 0 amide bonds. The standard InChI is InChI=1S/C18H32O4/c1-3-5-7-9-11-15-21-18(14-13-17(19)20)22-16-12-10-8-6-4-2/h7-10,18H,3-6,11-16H2,1-2H3,(H,19,20)/b9-7-,10-8-. The second-order valence-electron chi connectivity index (χ2n) is 5.20. The van der Waals surface area contributed by atoms with Crippen LogP contribution in [0.3, 0.4) is 0 Å². The Bertz CT molecular complexity index is 288. The zero-order valence-corrected chi connectivity index (χ0v) is 14.1. The molecule has 0 aromatic rings. The number of carboxylic acids is 1. The largest absolute Gasteiger partial charge is 0.481 e. The fraction of sp³-hybridized carbons (Fsp3) is 0.722. The molecule has 0 heterocycles. The van der Waals surface area contributed by atoms with Crippen molar-refractivity contribution in [2.75, 3.05) is 13.2 Å². The van der Waals surface area contributed by atoms with E-state index in [1.54, 1.807) is 0 Å². The van der Waals surface area contributed by atoms with E-state index in [-0.39, 0.29) is 6.42 Å². The molecule has 128 valence electrons. The molecule has 0 aliphatic rings. The van der Waals surface area contributed by atoms with Crippen LogP contribution in [0.15, 0.2) is 24.3 Å². The summed E-state index contributed by atoms with van der Waals surface area (Å²) in [6, 6.07) is 0. The Labute approximate surface area is 135 Å². The van der Waals surface area contributed by atoms with Crippen LogP contribution in [0, 0.1) is 0 Å². The second-order valence-corrected chi connectivity index (χ2v) is 5.20. The second kappa shape index (κ2) is 16.2. The Kier molecular flexibility index (Phi) is 15.4. The summed E-state index contributed by atoms with van der Waals surface area (Å²) in [4.78, 5) is 10.7. The topological polar surface area (TPSA) is 55.8 Å². The number of carbonyl (C=O) groups is 1. The fourth-order valence-corrected chi connectivity index (χ4v) is 1.80. The molecule has 22 heavy (non-hydrogen) atoms. The third kappa shape index (κ3) is 15.3. The predicted octanol–water partition coefficient (Wildman–Crippen LogP) is 4.70. The lowest BCUT2D eigenvalue weighted by Crippen LogP contribution is -2.20. The highest BCUT2D eigenvalue weighted by molar-refractivity contribution is 5.66. The quantitative estimate of drug-likeness (QED) is 0.270. The van der Waals surface area contributed by atoms with E-state index < -0.39 is 12.3 Å². The third-order valence-electron chi connectivity index (χ3n) is 3.01. The van der Waals surface area contributed by atoms with Crippen molar-refractivity contribution < 1.29 is 19.4 Å². The number of ether oxygens (including phenoxy) is 2. The molecule has 4 heteroatoms. The smallest absolute Gasteiger partial charge is 0.303 e. The number of rotatable bonds is 15. The van der Waals surface area contributed by atoms with Gasteiger partial charge in [-0.3, -0.25) is 4.79 Å². The van der Waals surface area contributed by atoms with Crippen LogP contribution in [0.25, 0.3) is 0 Å². The van der Waals surface area contributed by atoms with E-state index in [9.17, 15) is 4.79 Å². The minimum atomic E-state index is -0.817.